The summed E-state index contributed by atoms with van der Waals surface area (Å²) in [5.41, 5.74) is 2.54. The topological polar surface area (TPSA) is 70.6 Å². The maximum Gasteiger partial charge on any atom is 0.191 e. The number of hydrogen-bond acceptors (Lipinski definition) is 3. The van der Waals surface area contributed by atoms with Gasteiger partial charge in [0, 0.05) is 25.9 Å². The number of nitrogens with one attached hydrogen (secondary N) is 2. The minimum Gasteiger partial charge on any atom is -0.356 e. The maximum absolute atomic E-state index is 11.2. The van der Waals surface area contributed by atoms with Gasteiger partial charge in [-0.05, 0) is 31.7 Å². The number of sulfone groups is 1. The van der Waals surface area contributed by atoms with E-state index in [4.69, 9.17) is 0 Å². The van der Waals surface area contributed by atoms with Crippen LogP contribution < -0.4 is 10.6 Å². The third-order valence-corrected chi connectivity index (χ3v) is 4.73. The summed E-state index contributed by atoms with van der Waals surface area (Å²) < 4.78 is 22.4. The third kappa shape index (κ3) is 9.46. The maximum atomic E-state index is 11.2. The number of halogens is 1. The monoisotopic (exact) mass is 467 g/mol. The van der Waals surface area contributed by atoms with E-state index in [1.54, 1.807) is 7.05 Å². The van der Waals surface area contributed by atoms with Crippen molar-refractivity contribution in [1.29, 1.82) is 0 Å². The van der Waals surface area contributed by atoms with Crippen molar-refractivity contribution in [2.24, 2.45) is 4.99 Å². The number of hydrogen-bond donors (Lipinski definition) is 2. The molecule has 7 heteroatoms. The van der Waals surface area contributed by atoms with Crippen LogP contribution in [0.1, 0.15) is 37.3 Å². The van der Waals surface area contributed by atoms with Gasteiger partial charge in [0.2, 0.25) is 0 Å². The molecule has 1 rings (SSSR count). The average Bonchev–Trinajstić information content (AvgIpc) is 2.49. The van der Waals surface area contributed by atoms with Crippen molar-refractivity contribution < 1.29 is 8.42 Å². The summed E-state index contributed by atoms with van der Waals surface area (Å²) in [6, 6.07) is 8.57. The van der Waals surface area contributed by atoms with E-state index in [1.807, 2.05) is 6.92 Å². The number of rotatable bonds is 7. The molecule has 0 aromatic heterocycles. The van der Waals surface area contributed by atoms with Crippen LogP contribution in [0.25, 0.3) is 0 Å². The van der Waals surface area contributed by atoms with Crippen molar-refractivity contribution in [2.75, 3.05) is 25.6 Å². The molecule has 2 unspecified atom stereocenters. The van der Waals surface area contributed by atoms with Crippen molar-refractivity contribution in [3.63, 3.8) is 0 Å². The predicted octanol–water partition coefficient (Wildman–Crippen LogP) is 2.70. The van der Waals surface area contributed by atoms with Crippen molar-refractivity contribution in [3.8, 4) is 0 Å². The zero-order valence-electron chi connectivity index (χ0n) is 15.2. The van der Waals surface area contributed by atoms with E-state index in [9.17, 15) is 8.42 Å². The molecular formula is C17H30IN3O2S. The van der Waals surface area contributed by atoms with Crippen molar-refractivity contribution in [3.05, 3.63) is 35.4 Å². The smallest absolute Gasteiger partial charge is 0.191 e. The molecule has 2 atom stereocenters. The van der Waals surface area contributed by atoms with Crippen LogP contribution in [-0.2, 0) is 9.84 Å². The van der Waals surface area contributed by atoms with Crippen molar-refractivity contribution in [1.82, 2.24) is 10.6 Å². The van der Waals surface area contributed by atoms with Crippen LogP contribution in [0.3, 0.4) is 0 Å². The van der Waals surface area contributed by atoms with E-state index in [0.717, 1.165) is 6.54 Å². The lowest BCUT2D eigenvalue weighted by Gasteiger charge is -2.20. The average molecular weight is 467 g/mol. The Bertz CT molecular complexity index is 615. The van der Waals surface area contributed by atoms with Gasteiger partial charge in [-0.25, -0.2) is 8.42 Å². The summed E-state index contributed by atoms with van der Waals surface area (Å²) >= 11 is 0. The van der Waals surface area contributed by atoms with Crippen LogP contribution in [0.15, 0.2) is 29.3 Å². The highest BCUT2D eigenvalue weighted by Crippen LogP contribution is 2.14. The molecule has 0 heterocycles. The van der Waals surface area contributed by atoms with E-state index in [2.05, 4.69) is 53.7 Å². The molecule has 0 amide bonds. The van der Waals surface area contributed by atoms with E-state index in [-0.39, 0.29) is 35.8 Å². The molecule has 1 aromatic rings. The molecule has 0 fully saturated rings. The van der Waals surface area contributed by atoms with E-state index in [0.29, 0.717) is 18.3 Å². The van der Waals surface area contributed by atoms with Crippen LogP contribution in [0.4, 0.5) is 0 Å². The number of aryl methyl sites for hydroxylation is 1. The summed E-state index contributed by atoms with van der Waals surface area (Å²) in [5, 5.41) is 6.53. The normalized spacial score (nSPS) is 14.5. The molecule has 0 spiro atoms. The van der Waals surface area contributed by atoms with Crippen molar-refractivity contribution in [2.45, 2.75) is 39.2 Å². The van der Waals surface area contributed by atoms with Crippen LogP contribution in [0, 0.1) is 6.92 Å². The first kappa shape index (κ1) is 23.2. The largest absolute Gasteiger partial charge is 0.356 e. The summed E-state index contributed by atoms with van der Waals surface area (Å²) in [4.78, 5) is 4.20. The number of nitrogens with zero attached hydrogens (tertiary/aromatic N) is 1. The van der Waals surface area contributed by atoms with Gasteiger partial charge in [0.25, 0.3) is 0 Å². The zero-order chi connectivity index (χ0) is 17.5. The second kappa shape index (κ2) is 10.9. The Morgan fingerprint density at radius 2 is 1.79 bits per heavy atom. The quantitative estimate of drug-likeness (QED) is 0.368. The molecule has 2 N–H and O–H groups in total. The SMILES string of the molecule is CN=C(NCC(C)c1ccc(C)cc1)NC(C)CCS(C)(=O)=O.I. The molecule has 0 radical (unpaired) electrons. The second-order valence-corrected chi connectivity index (χ2v) is 8.49. The number of benzene rings is 1. The Balaban J connectivity index is 0.00000529. The fourth-order valence-electron chi connectivity index (χ4n) is 2.15. The van der Waals surface area contributed by atoms with Gasteiger partial charge in [-0.3, -0.25) is 4.99 Å². The molecule has 5 nitrogen and oxygen atoms in total. The van der Waals surface area contributed by atoms with Crippen LogP contribution in [0.5, 0.6) is 0 Å². The third-order valence-electron chi connectivity index (χ3n) is 3.75. The van der Waals surface area contributed by atoms with E-state index in [1.165, 1.54) is 17.4 Å². The Kier molecular flexibility index (Phi) is 10.5. The molecule has 0 bridgehead atoms. The second-order valence-electron chi connectivity index (χ2n) is 6.23. The highest BCUT2D eigenvalue weighted by molar-refractivity contribution is 14.0. The van der Waals surface area contributed by atoms with Gasteiger partial charge in [-0.15, -0.1) is 24.0 Å². The van der Waals surface area contributed by atoms with Crippen LogP contribution >= 0.6 is 24.0 Å². The lowest BCUT2D eigenvalue weighted by Crippen LogP contribution is -2.43. The predicted molar refractivity (Wildman–Crippen MR) is 113 cm³/mol. The standard InChI is InChI=1S/C17H29N3O2S.HI/c1-13-6-8-16(9-7-13)14(2)12-19-17(18-4)20-15(3)10-11-23(5,21)22;/h6-9,14-15H,10-12H2,1-5H3,(H2,18,19,20);1H. The summed E-state index contributed by atoms with van der Waals surface area (Å²) in [7, 11) is -1.21. The highest BCUT2D eigenvalue weighted by atomic mass is 127. The van der Waals surface area contributed by atoms with Gasteiger partial charge >= 0.3 is 0 Å². The van der Waals surface area contributed by atoms with Crippen LogP contribution in [0.2, 0.25) is 0 Å². The molecule has 1 aromatic carbocycles. The Hall–Kier alpha value is -0.830. The Morgan fingerprint density at radius 1 is 1.21 bits per heavy atom. The molecule has 24 heavy (non-hydrogen) atoms. The summed E-state index contributed by atoms with van der Waals surface area (Å²) in [5.74, 6) is 1.24. The van der Waals surface area contributed by atoms with E-state index < -0.39 is 9.84 Å². The lowest BCUT2D eigenvalue weighted by molar-refractivity contribution is 0.579. The molecule has 0 saturated heterocycles. The van der Waals surface area contributed by atoms with E-state index >= 15 is 0 Å². The van der Waals surface area contributed by atoms with Gasteiger partial charge in [0.05, 0.1) is 5.75 Å². The highest BCUT2D eigenvalue weighted by Gasteiger charge is 2.11. The molecular weight excluding hydrogens is 437 g/mol. The first-order valence-corrected chi connectivity index (χ1v) is 9.99. The van der Waals surface area contributed by atoms with Crippen LogP contribution in [-0.4, -0.2) is 46.0 Å². The first-order chi connectivity index (χ1) is 10.7. The first-order valence-electron chi connectivity index (χ1n) is 7.92. The lowest BCUT2D eigenvalue weighted by atomic mass is 10.0. The Labute approximate surface area is 163 Å². The molecule has 0 saturated carbocycles. The Morgan fingerprint density at radius 3 is 2.29 bits per heavy atom. The van der Waals surface area contributed by atoms with Gasteiger partial charge in [0.15, 0.2) is 5.96 Å². The summed E-state index contributed by atoms with van der Waals surface area (Å²) in [6.07, 6.45) is 1.82. The fraction of sp³-hybridized carbons (Fsp3) is 0.588. The zero-order valence-corrected chi connectivity index (χ0v) is 18.3. The molecule has 0 aliphatic rings. The molecule has 0 aliphatic heterocycles. The van der Waals surface area contributed by atoms with Crippen molar-refractivity contribution >= 4 is 39.8 Å². The van der Waals surface area contributed by atoms with Gasteiger partial charge in [0.1, 0.15) is 9.84 Å². The van der Waals surface area contributed by atoms with Gasteiger partial charge in [-0.1, -0.05) is 36.8 Å². The van der Waals surface area contributed by atoms with Gasteiger partial charge in [-0.2, -0.15) is 0 Å². The fourth-order valence-corrected chi connectivity index (χ4v) is 2.94. The van der Waals surface area contributed by atoms with Gasteiger partial charge < -0.3 is 10.6 Å². The molecule has 138 valence electrons. The molecule has 0 aliphatic carbocycles. The minimum absolute atomic E-state index is 0. The number of aliphatic imine (C=N–C) groups is 1. The number of guanidine groups is 1. The summed E-state index contributed by atoms with van der Waals surface area (Å²) in [6.45, 7) is 6.97. The minimum atomic E-state index is -2.93.